The quantitative estimate of drug-likeness (QED) is 0.610. The number of benzene rings is 3. The number of carbonyl (C=O) groups excluding carboxylic acids is 2. The summed E-state index contributed by atoms with van der Waals surface area (Å²) in [5, 5.41) is 0. The summed E-state index contributed by atoms with van der Waals surface area (Å²) in [6.07, 6.45) is 3.96. The molecule has 0 fully saturated rings. The molecule has 27 heavy (non-hydrogen) atoms. The molecule has 0 aliphatic carbocycles. The first-order valence-corrected chi connectivity index (χ1v) is 8.97. The fourth-order valence-corrected chi connectivity index (χ4v) is 3.45. The Balaban J connectivity index is 1.70. The first-order chi connectivity index (χ1) is 13.2. The maximum absolute atomic E-state index is 13.1. The van der Waals surface area contributed by atoms with E-state index in [9.17, 15) is 9.59 Å². The molecule has 3 aromatic carbocycles. The van der Waals surface area contributed by atoms with Crippen LogP contribution in [0.25, 0.3) is 6.08 Å². The van der Waals surface area contributed by atoms with Gasteiger partial charge in [0.1, 0.15) is 0 Å². The molecular formula is C24H19NO2. The van der Waals surface area contributed by atoms with Crippen molar-refractivity contribution >= 4 is 17.8 Å². The number of hydrogen-bond donors (Lipinski definition) is 0. The molecule has 1 aliphatic rings. The van der Waals surface area contributed by atoms with Crippen LogP contribution < -0.4 is 0 Å². The van der Waals surface area contributed by atoms with Crippen LogP contribution in [0.4, 0.5) is 0 Å². The maximum atomic E-state index is 13.1. The molecule has 0 spiro atoms. The zero-order valence-corrected chi connectivity index (χ0v) is 14.8. The predicted octanol–water partition coefficient (Wildman–Crippen LogP) is 5.13. The number of hydrogen-bond acceptors (Lipinski definition) is 2. The highest BCUT2D eigenvalue weighted by atomic mass is 16.2. The van der Waals surface area contributed by atoms with Crippen LogP contribution in [0.15, 0.2) is 91.1 Å². The zero-order chi connectivity index (χ0) is 18.6. The lowest BCUT2D eigenvalue weighted by Gasteiger charge is -2.33. The normalized spacial score (nSPS) is 15.3. The number of fused-ring (bicyclic) bond motifs is 1. The second kappa shape index (κ2) is 7.42. The topological polar surface area (TPSA) is 37.4 Å². The molecule has 0 saturated heterocycles. The molecule has 1 amide bonds. The summed E-state index contributed by atoms with van der Waals surface area (Å²) in [5.74, 6) is -0.0798. The molecule has 3 nitrogen and oxygen atoms in total. The average molecular weight is 353 g/mol. The molecule has 0 N–H and O–H groups in total. The van der Waals surface area contributed by atoms with Gasteiger partial charge >= 0.3 is 0 Å². The smallest absolute Gasteiger partial charge is 0.258 e. The first-order valence-electron chi connectivity index (χ1n) is 8.97. The third kappa shape index (κ3) is 3.44. The molecule has 0 radical (unpaired) electrons. The third-order valence-electron chi connectivity index (χ3n) is 4.84. The van der Waals surface area contributed by atoms with E-state index in [2.05, 4.69) is 0 Å². The molecule has 1 aliphatic heterocycles. The summed E-state index contributed by atoms with van der Waals surface area (Å²) in [6, 6.07) is 26.0. The van der Waals surface area contributed by atoms with Crippen LogP contribution in [-0.4, -0.2) is 16.6 Å². The third-order valence-corrected chi connectivity index (χ3v) is 4.84. The largest absolute Gasteiger partial charge is 0.307 e. The molecule has 0 unspecified atom stereocenters. The minimum absolute atomic E-state index is 0.0246. The second-order valence-corrected chi connectivity index (χ2v) is 6.53. The minimum Gasteiger partial charge on any atom is -0.307 e. The molecule has 3 heteroatoms. The van der Waals surface area contributed by atoms with Gasteiger partial charge < -0.3 is 4.90 Å². The SMILES string of the molecule is O=C(C[C@H]1c2ccccc2C=CN1C(=O)c1ccccc1)c1ccccc1. The molecule has 0 bridgehead atoms. The Morgan fingerprint density at radius 1 is 0.741 bits per heavy atom. The Labute approximate surface area is 158 Å². The van der Waals surface area contributed by atoms with Crippen LogP contribution in [0.1, 0.15) is 44.3 Å². The number of nitrogens with zero attached hydrogens (tertiary/aromatic N) is 1. The predicted molar refractivity (Wildman–Crippen MR) is 106 cm³/mol. The van der Waals surface area contributed by atoms with Crippen LogP contribution in [0.3, 0.4) is 0 Å². The molecule has 3 aromatic rings. The highest BCUT2D eigenvalue weighted by Gasteiger charge is 2.30. The molecule has 132 valence electrons. The lowest BCUT2D eigenvalue weighted by molar-refractivity contribution is 0.0742. The van der Waals surface area contributed by atoms with E-state index in [0.29, 0.717) is 11.1 Å². The van der Waals surface area contributed by atoms with Crippen molar-refractivity contribution in [1.29, 1.82) is 0 Å². The van der Waals surface area contributed by atoms with Crippen molar-refractivity contribution in [2.45, 2.75) is 12.5 Å². The monoisotopic (exact) mass is 353 g/mol. The van der Waals surface area contributed by atoms with Crippen molar-refractivity contribution < 1.29 is 9.59 Å². The van der Waals surface area contributed by atoms with Gasteiger partial charge in [0.25, 0.3) is 5.91 Å². The number of rotatable bonds is 4. The molecular weight excluding hydrogens is 334 g/mol. The summed E-state index contributed by atoms with van der Waals surface area (Å²) >= 11 is 0. The Hall–Kier alpha value is -3.46. The van der Waals surface area contributed by atoms with Crippen molar-refractivity contribution in [3.05, 3.63) is 113 Å². The average Bonchev–Trinajstić information content (AvgIpc) is 2.74. The Morgan fingerprint density at radius 2 is 1.33 bits per heavy atom. The van der Waals surface area contributed by atoms with Gasteiger partial charge in [-0.1, -0.05) is 72.8 Å². The van der Waals surface area contributed by atoms with E-state index in [1.54, 1.807) is 23.2 Å². The van der Waals surface area contributed by atoms with Gasteiger partial charge in [0.15, 0.2) is 5.78 Å². The fourth-order valence-electron chi connectivity index (χ4n) is 3.45. The van der Waals surface area contributed by atoms with Gasteiger partial charge in [-0.2, -0.15) is 0 Å². The summed E-state index contributed by atoms with van der Waals surface area (Å²) in [5.41, 5.74) is 3.31. The number of amides is 1. The maximum Gasteiger partial charge on any atom is 0.258 e. The minimum atomic E-state index is -0.327. The van der Waals surface area contributed by atoms with Gasteiger partial charge in [-0.25, -0.2) is 0 Å². The van der Waals surface area contributed by atoms with E-state index in [1.165, 1.54) is 0 Å². The van der Waals surface area contributed by atoms with E-state index in [-0.39, 0.29) is 24.2 Å². The van der Waals surface area contributed by atoms with Gasteiger partial charge in [-0.15, -0.1) is 0 Å². The van der Waals surface area contributed by atoms with Crippen molar-refractivity contribution in [3.8, 4) is 0 Å². The van der Waals surface area contributed by atoms with Gasteiger partial charge in [-0.3, -0.25) is 9.59 Å². The van der Waals surface area contributed by atoms with E-state index in [4.69, 9.17) is 0 Å². The molecule has 0 saturated carbocycles. The van der Waals surface area contributed by atoms with Crippen LogP contribution in [0.5, 0.6) is 0 Å². The summed E-state index contributed by atoms with van der Waals surface area (Å²) in [6.45, 7) is 0. The number of carbonyl (C=O) groups is 2. The van der Waals surface area contributed by atoms with Crippen LogP contribution >= 0.6 is 0 Å². The van der Waals surface area contributed by atoms with E-state index in [0.717, 1.165) is 11.1 Å². The fraction of sp³-hybridized carbons (Fsp3) is 0.0833. The highest BCUT2D eigenvalue weighted by Crippen LogP contribution is 2.34. The van der Waals surface area contributed by atoms with Gasteiger partial charge in [0, 0.05) is 23.7 Å². The molecule has 0 aromatic heterocycles. The van der Waals surface area contributed by atoms with E-state index >= 15 is 0 Å². The van der Waals surface area contributed by atoms with Crippen LogP contribution in [0.2, 0.25) is 0 Å². The van der Waals surface area contributed by atoms with Crippen LogP contribution in [-0.2, 0) is 0 Å². The zero-order valence-electron chi connectivity index (χ0n) is 14.8. The Bertz CT molecular complexity index is 993. The van der Waals surface area contributed by atoms with Crippen LogP contribution in [0, 0.1) is 0 Å². The Morgan fingerprint density at radius 3 is 2.04 bits per heavy atom. The lowest BCUT2D eigenvalue weighted by atomic mass is 9.90. The molecule has 1 atom stereocenters. The number of Topliss-reactive ketones (excluding diaryl/α,β-unsaturated/α-hetero) is 1. The van der Waals surface area contributed by atoms with Gasteiger partial charge in [-0.05, 0) is 29.3 Å². The van der Waals surface area contributed by atoms with Gasteiger partial charge in [0.05, 0.1) is 6.04 Å². The lowest BCUT2D eigenvalue weighted by Crippen LogP contribution is -2.33. The van der Waals surface area contributed by atoms with Crippen molar-refractivity contribution in [3.63, 3.8) is 0 Å². The van der Waals surface area contributed by atoms with Crippen molar-refractivity contribution in [2.24, 2.45) is 0 Å². The summed E-state index contributed by atoms with van der Waals surface area (Å²) in [4.78, 5) is 27.6. The molecule has 1 heterocycles. The summed E-state index contributed by atoms with van der Waals surface area (Å²) in [7, 11) is 0. The van der Waals surface area contributed by atoms with Gasteiger partial charge in [0.2, 0.25) is 0 Å². The van der Waals surface area contributed by atoms with Crippen molar-refractivity contribution in [2.75, 3.05) is 0 Å². The first kappa shape index (κ1) is 17.0. The standard InChI is InChI=1S/C24H19NO2/c26-23(19-10-3-1-4-11-19)17-22-21-14-8-7-9-18(21)15-16-25(22)24(27)20-12-5-2-6-13-20/h1-16,22H,17H2/t22-/m0/s1. The Kier molecular flexibility index (Phi) is 4.67. The number of ketones is 1. The summed E-state index contributed by atoms with van der Waals surface area (Å²) < 4.78 is 0. The van der Waals surface area contributed by atoms with Crippen molar-refractivity contribution in [1.82, 2.24) is 4.90 Å². The van der Waals surface area contributed by atoms with E-state index in [1.807, 2.05) is 78.9 Å². The molecule has 4 rings (SSSR count). The second-order valence-electron chi connectivity index (χ2n) is 6.53. The van der Waals surface area contributed by atoms with E-state index < -0.39 is 0 Å². The highest BCUT2D eigenvalue weighted by molar-refractivity contribution is 5.99.